The number of nitrogens with zero attached hydrogens (tertiary/aromatic N) is 4. The molecule has 0 unspecified atom stereocenters. The summed E-state index contributed by atoms with van der Waals surface area (Å²) in [6, 6.07) is 11.5. The number of rotatable bonds is 5. The Balaban J connectivity index is 1.65. The molecule has 0 saturated carbocycles. The highest BCUT2D eigenvalue weighted by atomic mass is 16.2. The van der Waals surface area contributed by atoms with Gasteiger partial charge in [-0.1, -0.05) is 5.92 Å². The monoisotopic (exact) mass is 438 g/mol. The molecule has 7 nitrogen and oxygen atoms in total. The largest absolute Gasteiger partial charge is 0.350 e. The van der Waals surface area contributed by atoms with E-state index in [0.717, 1.165) is 33.4 Å². The van der Waals surface area contributed by atoms with Crippen molar-refractivity contribution in [2.24, 2.45) is 0 Å². The molecule has 0 fully saturated rings. The number of nitrogens with one attached hydrogen (secondary N) is 2. The van der Waals surface area contributed by atoms with Crippen LogP contribution < -0.4 is 5.32 Å². The summed E-state index contributed by atoms with van der Waals surface area (Å²) in [5.41, 5.74) is 5.34. The van der Waals surface area contributed by atoms with Crippen LogP contribution in [0, 0.1) is 19.3 Å². The average molecular weight is 439 g/mol. The summed E-state index contributed by atoms with van der Waals surface area (Å²) in [5.74, 6) is 3.20. The average Bonchev–Trinajstić information content (AvgIpc) is 3.23. The molecule has 166 valence electrons. The van der Waals surface area contributed by atoms with Crippen molar-refractivity contribution in [3.8, 4) is 23.7 Å². The van der Waals surface area contributed by atoms with Gasteiger partial charge in [0.1, 0.15) is 5.69 Å². The van der Waals surface area contributed by atoms with E-state index in [9.17, 15) is 4.79 Å². The van der Waals surface area contributed by atoms with E-state index in [-0.39, 0.29) is 5.91 Å². The third-order valence-corrected chi connectivity index (χ3v) is 5.58. The van der Waals surface area contributed by atoms with E-state index in [1.165, 1.54) is 0 Å². The van der Waals surface area contributed by atoms with Crippen LogP contribution in [0.5, 0.6) is 0 Å². The number of carbonyl (C=O) groups is 1. The van der Waals surface area contributed by atoms with Crippen LogP contribution in [-0.2, 0) is 5.41 Å². The lowest BCUT2D eigenvalue weighted by Gasteiger charge is -2.18. The minimum atomic E-state index is -0.401. The van der Waals surface area contributed by atoms with Crippen molar-refractivity contribution in [2.45, 2.75) is 26.2 Å². The smallest absolute Gasteiger partial charge is 0.269 e. The second-order valence-corrected chi connectivity index (χ2v) is 8.73. The molecule has 3 heterocycles. The summed E-state index contributed by atoms with van der Waals surface area (Å²) >= 11 is 0. The number of amides is 1. The molecule has 7 heteroatoms. The van der Waals surface area contributed by atoms with Crippen molar-refractivity contribution in [1.29, 1.82) is 0 Å². The summed E-state index contributed by atoms with van der Waals surface area (Å²) < 4.78 is 0. The zero-order valence-corrected chi connectivity index (χ0v) is 19.4. The van der Waals surface area contributed by atoms with Crippen LogP contribution in [0.2, 0.25) is 0 Å². The molecule has 33 heavy (non-hydrogen) atoms. The highest BCUT2D eigenvalue weighted by Crippen LogP contribution is 2.28. The van der Waals surface area contributed by atoms with Gasteiger partial charge in [-0.15, -0.1) is 6.42 Å². The summed E-state index contributed by atoms with van der Waals surface area (Å²) in [4.78, 5) is 30.6. The number of terminal acetylenes is 1. The molecule has 0 radical (unpaired) electrons. The maximum atomic E-state index is 12.3. The van der Waals surface area contributed by atoms with Crippen molar-refractivity contribution < 1.29 is 4.79 Å². The summed E-state index contributed by atoms with van der Waals surface area (Å²) in [7, 11) is 3.46. The topological polar surface area (TPSA) is 86.8 Å². The molecule has 0 aliphatic carbocycles. The normalized spacial score (nSPS) is 11.3. The zero-order valence-electron chi connectivity index (χ0n) is 19.4. The molecule has 0 aliphatic heterocycles. The van der Waals surface area contributed by atoms with Gasteiger partial charge in [-0.2, -0.15) is 0 Å². The van der Waals surface area contributed by atoms with Crippen LogP contribution in [0.1, 0.15) is 35.5 Å². The number of aromatic nitrogens is 4. The minimum Gasteiger partial charge on any atom is -0.350 e. The van der Waals surface area contributed by atoms with Gasteiger partial charge in [-0.3, -0.25) is 9.78 Å². The Morgan fingerprint density at radius 3 is 2.58 bits per heavy atom. The third-order valence-electron chi connectivity index (χ3n) is 5.58. The molecule has 0 saturated heterocycles. The number of hydrogen-bond donors (Lipinski definition) is 2. The molecule has 1 aromatic carbocycles. The van der Waals surface area contributed by atoms with Gasteiger partial charge in [0.15, 0.2) is 0 Å². The standard InChI is InChI=1S/C26H26N6O/c1-7-26(3,4)18-8-10-27-21(15-18)20-9-11-28-25(31-20)29-19-12-16(2)23-17(13-19)14-22(30-23)24(33)32(5)6/h1,8-15,30H,2-6H3,(H,28,29,31). The van der Waals surface area contributed by atoms with Crippen molar-refractivity contribution in [3.63, 3.8) is 0 Å². The molecular weight excluding hydrogens is 412 g/mol. The maximum Gasteiger partial charge on any atom is 0.269 e. The Labute approximate surface area is 193 Å². The lowest BCUT2D eigenvalue weighted by molar-refractivity contribution is 0.0823. The Morgan fingerprint density at radius 1 is 1.09 bits per heavy atom. The predicted octanol–water partition coefficient (Wildman–Crippen LogP) is 4.68. The van der Waals surface area contributed by atoms with E-state index in [0.29, 0.717) is 17.3 Å². The quantitative estimate of drug-likeness (QED) is 0.442. The number of hydrogen-bond acceptors (Lipinski definition) is 5. The predicted molar refractivity (Wildman–Crippen MR) is 131 cm³/mol. The first-order chi connectivity index (χ1) is 15.7. The summed E-state index contributed by atoms with van der Waals surface area (Å²) in [5, 5.41) is 4.21. The Bertz CT molecular complexity index is 1390. The van der Waals surface area contributed by atoms with Crippen LogP contribution in [0.15, 0.2) is 48.8 Å². The van der Waals surface area contributed by atoms with Gasteiger partial charge in [0.25, 0.3) is 5.91 Å². The SMILES string of the molecule is C#CC(C)(C)c1ccnc(-c2ccnc(Nc3cc(C)c4[nH]c(C(=O)N(C)C)cc4c3)n2)c1. The number of H-pyrrole nitrogens is 1. The van der Waals surface area contributed by atoms with E-state index in [2.05, 4.69) is 31.2 Å². The number of pyridine rings is 1. The highest BCUT2D eigenvalue weighted by Gasteiger charge is 2.18. The molecule has 0 atom stereocenters. The highest BCUT2D eigenvalue weighted by molar-refractivity contribution is 5.99. The third kappa shape index (κ3) is 4.41. The number of aryl methyl sites for hydroxylation is 1. The van der Waals surface area contributed by atoms with Crippen LogP contribution in [-0.4, -0.2) is 44.8 Å². The van der Waals surface area contributed by atoms with Crippen LogP contribution in [0.3, 0.4) is 0 Å². The first-order valence-electron chi connectivity index (χ1n) is 10.6. The van der Waals surface area contributed by atoms with Gasteiger partial charge in [0, 0.05) is 43.1 Å². The molecule has 0 aliphatic rings. The number of carbonyl (C=O) groups excluding carboxylic acids is 1. The van der Waals surface area contributed by atoms with Crippen LogP contribution in [0.25, 0.3) is 22.3 Å². The van der Waals surface area contributed by atoms with E-state index < -0.39 is 5.41 Å². The molecule has 3 aromatic heterocycles. The fourth-order valence-corrected chi connectivity index (χ4v) is 3.59. The van der Waals surface area contributed by atoms with Gasteiger partial charge in [-0.25, -0.2) is 9.97 Å². The first-order valence-corrected chi connectivity index (χ1v) is 10.6. The van der Waals surface area contributed by atoms with Gasteiger partial charge in [0.2, 0.25) is 5.95 Å². The second kappa shape index (κ2) is 8.40. The molecule has 1 amide bonds. The fraction of sp³-hybridized carbons (Fsp3) is 0.231. The summed E-state index contributed by atoms with van der Waals surface area (Å²) in [6.07, 6.45) is 9.13. The van der Waals surface area contributed by atoms with Crippen molar-refractivity contribution in [1.82, 2.24) is 24.8 Å². The molecule has 0 bridgehead atoms. The van der Waals surface area contributed by atoms with Gasteiger partial charge in [-0.05, 0) is 68.3 Å². The number of aromatic amines is 1. The second-order valence-electron chi connectivity index (χ2n) is 8.73. The van der Waals surface area contributed by atoms with Crippen LogP contribution >= 0.6 is 0 Å². The first kappa shape index (κ1) is 22.0. The Kier molecular flexibility index (Phi) is 5.60. The summed E-state index contributed by atoms with van der Waals surface area (Å²) in [6.45, 7) is 5.99. The lowest BCUT2D eigenvalue weighted by atomic mass is 9.86. The Morgan fingerprint density at radius 2 is 1.85 bits per heavy atom. The number of benzene rings is 1. The zero-order chi connectivity index (χ0) is 23.8. The molecule has 2 N–H and O–H groups in total. The Hall–Kier alpha value is -4.18. The maximum absolute atomic E-state index is 12.3. The lowest BCUT2D eigenvalue weighted by Crippen LogP contribution is -2.21. The number of fused-ring (bicyclic) bond motifs is 1. The van der Waals surface area contributed by atoms with Gasteiger partial charge in [0.05, 0.1) is 16.8 Å². The van der Waals surface area contributed by atoms with Crippen molar-refractivity contribution in [3.05, 3.63) is 65.6 Å². The van der Waals surface area contributed by atoms with E-state index in [4.69, 9.17) is 6.42 Å². The van der Waals surface area contributed by atoms with Crippen molar-refractivity contribution >= 4 is 28.4 Å². The van der Waals surface area contributed by atoms with E-state index in [1.807, 2.05) is 57.2 Å². The van der Waals surface area contributed by atoms with Gasteiger partial charge >= 0.3 is 0 Å². The minimum absolute atomic E-state index is 0.0705. The van der Waals surface area contributed by atoms with Gasteiger partial charge < -0.3 is 15.2 Å². The fourth-order valence-electron chi connectivity index (χ4n) is 3.59. The molecule has 4 rings (SSSR count). The van der Waals surface area contributed by atoms with Crippen LogP contribution in [0.4, 0.5) is 11.6 Å². The van der Waals surface area contributed by atoms with E-state index >= 15 is 0 Å². The number of anilines is 2. The van der Waals surface area contributed by atoms with Crippen molar-refractivity contribution in [2.75, 3.05) is 19.4 Å². The van der Waals surface area contributed by atoms with E-state index in [1.54, 1.807) is 31.4 Å². The molecule has 4 aromatic rings. The molecule has 0 spiro atoms. The molecular formula is C26H26N6O.